The first-order chi connectivity index (χ1) is 12.4. The van der Waals surface area contributed by atoms with Gasteiger partial charge in [0.05, 0.1) is 0 Å². The summed E-state index contributed by atoms with van der Waals surface area (Å²) < 4.78 is 0. The van der Waals surface area contributed by atoms with Gasteiger partial charge < -0.3 is 0 Å². The number of hydrogen-bond donors (Lipinski definition) is 0. The van der Waals surface area contributed by atoms with E-state index in [0.717, 1.165) is 0 Å². The second-order valence-electron chi connectivity index (χ2n) is 7.21. The SMILES string of the molecule is CCCCCCCCCCC1=C(c2ccccc2)[CH]c2ccccc21. The fraction of sp³-hybridized carbons (Fsp3) is 0.400. The van der Waals surface area contributed by atoms with Gasteiger partial charge in [-0.05, 0) is 40.7 Å². The molecule has 1 aliphatic carbocycles. The molecule has 0 amide bonds. The first-order valence-corrected chi connectivity index (χ1v) is 10.1. The maximum absolute atomic E-state index is 2.38. The molecule has 0 spiro atoms. The van der Waals surface area contributed by atoms with Crippen molar-refractivity contribution in [3.63, 3.8) is 0 Å². The van der Waals surface area contributed by atoms with Gasteiger partial charge in [0.25, 0.3) is 0 Å². The van der Waals surface area contributed by atoms with Crippen LogP contribution in [0.25, 0.3) is 11.1 Å². The third-order valence-electron chi connectivity index (χ3n) is 5.28. The van der Waals surface area contributed by atoms with Gasteiger partial charge in [-0.3, -0.25) is 0 Å². The van der Waals surface area contributed by atoms with Gasteiger partial charge in [0.15, 0.2) is 0 Å². The first-order valence-electron chi connectivity index (χ1n) is 10.1. The van der Waals surface area contributed by atoms with Gasteiger partial charge in [-0.2, -0.15) is 0 Å². The van der Waals surface area contributed by atoms with Gasteiger partial charge in [0.2, 0.25) is 0 Å². The van der Waals surface area contributed by atoms with Gasteiger partial charge in [0, 0.05) is 6.42 Å². The molecule has 0 heterocycles. The number of allylic oxidation sites excluding steroid dienone is 2. The van der Waals surface area contributed by atoms with Crippen molar-refractivity contribution in [3.8, 4) is 0 Å². The van der Waals surface area contributed by atoms with Gasteiger partial charge in [-0.25, -0.2) is 0 Å². The van der Waals surface area contributed by atoms with Crippen LogP contribution in [0.5, 0.6) is 0 Å². The van der Waals surface area contributed by atoms with Gasteiger partial charge in [-0.15, -0.1) is 0 Å². The van der Waals surface area contributed by atoms with Crippen LogP contribution in [0, 0.1) is 6.42 Å². The Morgan fingerprint density at radius 3 is 2.04 bits per heavy atom. The van der Waals surface area contributed by atoms with Crippen LogP contribution in [0.4, 0.5) is 0 Å². The minimum absolute atomic E-state index is 1.20. The standard InChI is InChI=1S/C25H31/c1-2-3-4-5-6-7-8-12-19-24-23-18-14-13-17-22(23)20-25(24)21-15-10-9-11-16-21/h9-11,13-18,20H,2-8,12,19H2,1H3. The summed E-state index contributed by atoms with van der Waals surface area (Å²) in [6.07, 6.45) is 14.6. The second-order valence-corrected chi connectivity index (χ2v) is 7.21. The average Bonchev–Trinajstić information content (AvgIpc) is 3.03. The minimum Gasteiger partial charge on any atom is -0.0654 e. The van der Waals surface area contributed by atoms with Crippen LogP contribution >= 0.6 is 0 Å². The number of benzene rings is 2. The van der Waals surface area contributed by atoms with Crippen molar-refractivity contribution in [2.75, 3.05) is 0 Å². The number of fused-ring (bicyclic) bond motifs is 1. The molecule has 1 radical (unpaired) electrons. The zero-order valence-corrected chi connectivity index (χ0v) is 15.6. The molecule has 2 aromatic carbocycles. The number of hydrogen-bond acceptors (Lipinski definition) is 0. The van der Waals surface area contributed by atoms with Crippen LogP contribution in [0.1, 0.15) is 81.4 Å². The van der Waals surface area contributed by atoms with Crippen LogP contribution in [-0.2, 0) is 0 Å². The Kier molecular flexibility index (Phi) is 6.91. The predicted octanol–water partition coefficient (Wildman–Crippen LogP) is 7.69. The van der Waals surface area contributed by atoms with E-state index in [4.69, 9.17) is 0 Å². The van der Waals surface area contributed by atoms with Crippen molar-refractivity contribution >= 4 is 11.1 Å². The Hall–Kier alpha value is -1.82. The molecule has 25 heavy (non-hydrogen) atoms. The molecule has 131 valence electrons. The molecule has 1 aliphatic rings. The zero-order chi connectivity index (χ0) is 17.3. The fourth-order valence-corrected chi connectivity index (χ4v) is 3.87. The van der Waals surface area contributed by atoms with Gasteiger partial charge in [-0.1, -0.05) is 106 Å². The fourth-order valence-electron chi connectivity index (χ4n) is 3.87. The third-order valence-corrected chi connectivity index (χ3v) is 5.28. The molecule has 0 heteroatoms. The van der Waals surface area contributed by atoms with E-state index in [2.05, 4.69) is 67.9 Å². The Labute approximate surface area is 154 Å². The molecular weight excluding hydrogens is 300 g/mol. The van der Waals surface area contributed by atoms with E-state index >= 15 is 0 Å². The summed E-state index contributed by atoms with van der Waals surface area (Å²) >= 11 is 0. The molecule has 0 bridgehead atoms. The largest absolute Gasteiger partial charge is 0.0654 e. The lowest BCUT2D eigenvalue weighted by Crippen LogP contribution is -1.88. The summed E-state index contributed by atoms with van der Waals surface area (Å²) in [5.74, 6) is 0. The maximum atomic E-state index is 2.38. The monoisotopic (exact) mass is 331 g/mol. The summed E-state index contributed by atoms with van der Waals surface area (Å²) in [5, 5.41) is 0. The van der Waals surface area contributed by atoms with Crippen molar-refractivity contribution in [1.82, 2.24) is 0 Å². The Morgan fingerprint density at radius 1 is 0.640 bits per heavy atom. The van der Waals surface area contributed by atoms with E-state index in [9.17, 15) is 0 Å². The second kappa shape index (κ2) is 9.61. The lowest BCUT2D eigenvalue weighted by molar-refractivity contribution is 0.579. The Bertz CT molecular complexity index is 678. The average molecular weight is 332 g/mol. The maximum Gasteiger partial charge on any atom is 0.0214 e. The molecular formula is C25H31. The lowest BCUT2D eigenvalue weighted by atomic mass is 9.95. The molecule has 0 fully saturated rings. The van der Waals surface area contributed by atoms with E-state index in [1.165, 1.54) is 80.1 Å². The highest BCUT2D eigenvalue weighted by atomic mass is 14.3. The van der Waals surface area contributed by atoms with Crippen LogP contribution < -0.4 is 0 Å². The van der Waals surface area contributed by atoms with Crippen molar-refractivity contribution in [1.29, 1.82) is 0 Å². The van der Waals surface area contributed by atoms with Crippen LogP contribution in [0.15, 0.2) is 54.6 Å². The smallest absolute Gasteiger partial charge is 0.0214 e. The lowest BCUT2D eigenvalue weighted by Gasteiger charge is -2.09. The molecule has 3 rings (SSSR count). The van der Waals surface area contributed by atoms with Crippen molar-refractivity contribution in [3.05, 3.63) is 77.7 Å². The zero-order valence-electron chi connectivity index (χ0n) is 15.6. The minimum atomic E-state index is 1.20. The van der Waals surface area contributed by atoms with E-state index in [-0.39, 0.29) is 0 Å². The Balaban J connectivity index is 1.60. The third kappa shape index (κ3) is 4.84. The van der Waals surface area contributed by atoms with Crippen molar-refractivity contribution < 1.29 is 0 Å². The molecule has 0 unspecified atom stereocenters. The van der Waals surface area contributed by atoms with Crippen molar-refractivity contribution in [2.24, 2.45) is 0 Å². The highest BCUT2D eigenvalue weighted by Gasteiger charge is 2.21. The topological polar surface area (TPSA) is 0 Å². The Morgan fingerprint density at radius 2 is 1.28 bits per heavy atom. The summed E-state index contributed by atoms with van der Waals surface area (Å²) in [6, 6.07) is 19.7. The molecule has 0 saturated heterocycles. The van der Waals surface area contributed by atoms with E-state index in [1.807, 2.05) is 0 Å². The predicted molar refractivity (Wildman–Crippen MR) is 110 cm³/mol. The van der Waals surface area contributed by atoms with E-state index < -0.39 is 0 Å². The summed E-state index contributed by atoms with van der Waals surface area (Å²) in [6.45, 7) is 2.29. The number of rotatable bonds is 10. The molecule has 0 aliphatic heterocycles. The molecule has 0 aromatic heterocycles. The summed E-state index contributed by atoms with van der Waals surface area (Å²) in [7, 11) is 0. The van der Waals surface area contributed by atoms with Crippen LogP contribution in [0.3, 0.4) is 0 Å². The highest BCUT2D eigenvalue weighted by Crippen LogP contribution is 2.42. The summed E-state index contributed by atoms with van der Waals surface area (Å²) in [5.41, 5.74) is 7.17. The van der Waals surface area contributed by atoms with E-state index in [1.54, 1.807) is 5.57 Å². The van der Waals surface area contributed by atoms with Crippen molar-refractivity contribution in [2.45, 2.75) is 64.7 Å². The normalized spacial score (nSPS) is 13.3. The highest BCUT2D eigenvalue weighted by molar-refractivity contribution is 6.02. The molecule has 0 saturated carbocycles. The molecule has 2 aromatic rings. The van der Waals surface area contributed by atoms with Gasteiger partial charge in [0.1, 0.15) is 0 Å². The molecule has 0 atom stereocenters. The number of unbranched alkanes of at least 4 members (excludes halogenated alkanes) is 7. The van der Waals surface area contributed by atoms with Gasteiger partial charge >= 0.3 is 0 Å². The molecule has 0 nitrogen and oxygen atoms in total. The van der Waals surface area contributed by atoms with Crippen LogP contribution in [0.2, 0.25) is 0 Å². The quantitative estimate of drug-likeness (QED) is 0.391. The molecule has 0 N–H and O–H groups in total. The van der Waals surface area contributed by atoms with Crippen LogP contribution in [-0.4, -0.2) is 0 Å². The summed E-state index contributed by atoms with van der Waals surface area (Å²) in [4.78, 5) is 0. The first kappa shape index (κ1) is 18.0. The van der Waals surface area contributed by atoms with E-state index in [0.29, 0.717) is 0 Å².